The second kappa shape index (κ2) is 5.95. The molecule has 4 nitrogen and oxygen atoms in total. The Balaban J connectivity index is 1.99. The molecule has 0 bridgehead atoms. The third-order valence-electron chi connectivity index (χ3n) is 3.78. The van der Waals surface area contributed by atoms with E-state index in [-0.39, 0.29) is 29.8 Å². The zero-order valence-corrected chi connectivity index (χ0v) is 12.8. The number of benzene rings is 1. The van der Waals surface area contributed by atoms with Crippen LogP contribution in [0.1, 0.15) is 30.4 Å². The van der Waals surface area contributed by atoms with Crippen molar-refractivity contribution in [2.75, 3.05) is 16.8 Å². The minimum Gasteiger partial charge on any atom is -0.326 e. The lowest BCUT2D eigenvalue weighted by molar-refractivity contribution is -0.117. The van der Waals surface area contributed by atoms with Crippen LogP contribution in [0.3, 0.4) is 0 Å². The normalized spacial score (nSPS) is 21.4. The Morgan fingerprint density at radius 3 is 2.55 bits per heavy atom. The van der Waals surface area contributed by atoms with Crippen LogP contribution in [0.5, 0.6) is 0 Å². The molecule has 0 spiro atoms. The maximum atomic E-state index is 12.1. The Labute approximate surface area is 120 Å². The highest BCUT2D eigenvalue weighted by Gasteiger charge is 2.26. The van der Waals surface area contributed by atoms with E-state index in [4.69, 9.17) is 0 Å². The van der Waals surface area contributed by atoms with Gasteiger partial charge in [0.2, 0.25) is 5.91 Å². The number of rotatable bonds is 3. The molecule has 5 heteroatoms. The van der Waals surface area contributed by atoms with Gasteiger partial charge in [-0.15, -0.1) is 0 Å². The van der Waals surface area contributed by atoms with Crippen LogP contribution >= 0.6 is 0 Å². The zero-order chi connectivity index (χ0) is 14.8. The molecule has 1 unspecified atom stereocenters. The van der Waals surface area contributed by atoms with E-state index >= 15 is 0 Å². The van der Waals surface area contributed by atoms with Crippen LogP contribution in [0.15, 0.2) is 18.2 Å². The van der Waals surface area contributed by atoms with Crippen molar-refractivity contribution < 1.29 is 13.2 Å². The molecule has 0 radical (unpaired) electrons. The van der Waals surface area contributed by atoms with Crippen LogP contribution in [0.25, 0.3) is 0 Å². The van der Waals surface area contributed by atoms with Crippen LogP contribution in [0.4, 0.5) is 5.69 Å². The molecule has 1 aliphatic heterocycles. The third kappa shape index (κ3) is 3.82. The molecule has 2 rings (SSSR count). The second-order valence-corrected chi connectivity index (χ2v) is 7.87. The minimum atomic E-state index is -2.95. The SMILES string of the molecule is Cc1cccc(C)c1NC(=O)CC1CCCS(=O)(=O)C1. The van der Waals surface area contributed by atoms with E-state index < -0.39 is 9.84 Å². The molecule has 1 saturated heterocycles. The van der Waals surface area contributed by atoms with Gasteiger partial charge in [-0.05, 0) is 43.7 Å². The van der Waals surface area contributed by atoms with Gasteiger partial charge in [0.05, 0.1) is 11.5 Å². The van der Waals surface area contributed by atoms with Crippen LogP contribution in [0.2, 0.25) is 0 Å². The molecule has 1 atom stereocenters. The van der Waals surface area contributed by atoms with E-state index in [2.05, 4.69) is 5.32 Å². The van der Waals surface area contributed by atoms with Gasteiger partial charge in [-0.25, -0.2) is 8.42 Å². The second-order valence-electron chi connectivity index (χ2n) is 5.64. The molecule has 0 saturated carbocycles. The van der Waals surface area contributed by atoms with Crippen molar-refractivity contribution in [1.29, 1.82) is 0 Å². The molecule has 0 aliphatic carbocycles. The molecule has 1 heterocycles. The fraction of sp³-hybridized carbons (Fsp3) is 0.533. The van der Waals surface area contributed by atoms with Crippen LogP contribution < -0.4 is 5.32 Å². The van der Waals surface area contributed by atoms with Crippen LogP contribution in [0, 0.1) is 19.8 Å². The first-order chi connectivity index (χ1) is 9.37. The van der Waals surface area contributed by atoms with Crippen molar-refractivity contribution in [3.63, 3.8) is 0 Å². The number of aryl methyl sites for hydroxylation is 2. The van der Waals surface area contributed by atoms with E-state index in [0.717, 1.165) is 23.2 Å². The largest absolute Gasteiger partial charge is 0.326 e. The van der Waals surface area contributed by atoms with Gasteiger partial charge in [0, 0.05) is 12.1 Å². The first-order valence-corrected chi connectivity index (χ1v) is 8.76. The molecule has 1 N–H and O–H groups in total. The summed E-state index contributed by atoms with van der Waals surface area (Å²) in [5, 5.41) is 2.92. The van der Waals surface area contributed by atoms with Gasteiger partial charge in [0.15, 0.2) is 9.84 Å². The summed E-state index contributed by atoms with van der Waals surface area (Å²) in [4.78, 5) is 12.1. The van der Waals surface area contributed by atoms with E-state index in [1.807, 2.05) is 32.0 Å². The van der Waals surface area contributed by atoms with Crippen molar-refractivity contribution in [3.8, 4) is 0 Å². The molecule has 1 aromatic rings. The quantitative estimate of drug-likeness (QED) is 0.931. The Hall–Kier alpha value is -1.36. The predicted octanol–water partition coefficient (Wildman–Crippen LogP) is 2.46. The fourth-order valence-electron chi connectivity index (χ4n) is 2.74. The lowest BCUT2D eigenvalue weighted by atomic mass is 10.0. The van der Waals surface area contributed by atoms with Gasteiger partial charge in [-0.3, -0.25) is 4.79 Å². The average molecular weight is 295 g/mol. The minimum absolute atomic E-state index is 0.0434. The molecule has 1 aliphatic rings. The van der Waals surface area contributed by atoms with E-state index in [9.17, 15) is 13.2 Å². The molecule has 20 heavy (non-hydrogen) atoms. The number of sulfone groups is 1. The monoisotopic (exact) mass is 295 g/mol. The van der Waals surface area contributed by atoms with Gasteiger partial charge in [0.1, 0.15) is 0 Å². The first kappa shape index (κ1) is 15.0. The van der Waals surface area contributed by atoms with E-state index in [1.165, 1.54) is 0 Å². The number of anilines is 1. The predicted molar refractivity (Wildman–Crippen MR) is 80.5 cm³/mol. The molecule has 1 amide bonds. The van der Waals surface area contributed by atoms with Gasteiger partial charge >= 0.3 is 0 Å². The van der Waals surface area contributed by atoms with Gasteiger partial charge in [-0.1, -0.05) is 18.2 Å². The maximum absolute atomic E-state index is 12.1. The van der Waals surface area contributed by atoms with Crippen molar-refractivity contribution in [1.82, 2.24) is 0 Å². The van der Waals surface area contributed by atoms with Crippen molar-refractivity contribution in [3.05, 3.63) is 29.3 Å². The average Bonchev–Trinajstić information content (AvgIpc) is 2.33. The van der Waals surface area contributed by atoms with Crippen molar-refractivity contribution >= 4 is 21.4 Å². The molecule has 1 fully saturated rings. The number of hydrogen-bond acceptors (Lipinski definition) is 3. The van der Waals surface area contributed by atoms with Gasteiger partial charge in [-0.2, -0.15) is 0 Å². The zero-order valence-electron chi connectivity index (χ0n) is 12.0. The summed E-state index contributed by atoms with van der Waals surface area (Å²) in [7, 11) is -2.95. The summed E-state index contributed by atoms with van der Waals surface area (Å²) in [6.07, 6.45) is 1.77. The van der Waals surface area contributed by atoms with Crippen LogP contribution in [-0.4, -0.2) is 25.8 Å². The summed E-state index contributed by atoms with van der Waals surface area (Å²) in [5.74, 6) is 0.275. The fourth-order valence-corrected chi connectivity index (χ4v) is 4.52. The standard InChI is InChI=1S/C15H21NO3S/c1-11-5-3-6-12(2)15(11)16-14(17)9-13-7-4-8-20(18,19)10-13/h3,5-6,13H,4,7-10H2,1-2H3,(H,16,17). The number of amides is 1. The summed E-state index contributed by atoms with van der Waals surface area (Å²) < 4.78 is 23.2. The highest BCUT2D eigenvalue weighted by atomic mass is 32.2. The Kier molecular flexibility index (Phi) is 4.48. The lowest BCUT2D eigenvalue weighted by Gasteiger charge is -2.21. The first-order valence-electron chi connectivity index (χ1n) is 6.94. The molecule has 110 valence electrons. The van der Waals surface area contributed by atoms with E-state index in [1.54, 1.807) is 0 Å². The summed E-state index contributed by atoms with van der Waals surface area (Å²) in [6, 6.07) is 5.86. The van der Waals surface area contributed by atoms with Crippen molar-refractivity contribution in [2.45, 2.75) is 33.1 Å². The van der Waals surface area contributed by atoms with Crippen LogP contribution in [-0.2, 0) is 14.6 Å². The summed E-state index contributed by atoms with van der Waals surface area (Å²) >= 11 is 0. The number of para-hydroxylation sites is 1. The highest BCUT2D eigenvalue weighted by molar-refractivity contribution is 7.91. The van der Waals surface area contributed by atoms with Gasteiger partial charge < -0.3 is 5.32 Å². The Morgan fingerprint density at radius 1 is 1.30 bits per heavy atom. The Bertz CT molecular complexity index is 587. The highest BCUT2D eigenvalue weighted by Crippen LogP contribution is 2.24. The summed E-state index contributed by atoms with van der Waals surface area (Å²) in [6.45, 7) is 3.90. The maximum Gasteiger partial charge on any atom is 0.224 e. The molecular weight excluding hydrogens is 274 g/mol. The molecule has 1 aromatic carbocycles. The smallest absolute Gasteiger partial charge is 0.224 e. The van der Waals surface area contributed by atoms with E-state index in [0.29, 0.717) is 6.42 Å². The number of nitrogens with one attached hydrogen (secondary N) is 1. The summed E-state index contributed by atoms with van der Waals surface area (Å²) in [5.41, 5.74) is 2.89. The third-order valence-corrected chi connectivity index (χ3v) is 5.67. The number of carbonyl (C=O) groups is 1. The molecular formula is C15H21NO3S. The topological polar surface area (TPSA) is 63.2 Å². The van der Waals surface area contributed by atoms with Gasteiger partial charge in [0.25, 0.3) is 0 Å². The van der Waals surface area contributed by atoms with Crippen molar-refractivity contribution in [2.24, 2.45) is 5.92 Å². The molecule has 0 aromatic heterocycles. The Morgan fingerprint density at radius 2 is 1.95 bits per heavy atom. The number of carbonyl (C=O) groups excluding carboxylic acids is 1. The number of hydrogen-bond donors (Lipinski definition) is 1. The lowest BCUT2D eigenvalue weighted by Crippen LogP contribution is -2.28.